The number of aromatic nitrogens is 4. The number of hydrogen-bond donors (Lipinski definition) is 0. The zero-order chi connectivity index (χ0) is 16.6. The fourth-order valence-electron chi connectivity index (χ4n) is 4.09. The Labute approximate surface area is 147 Å². The lowest BCUT2D eigenvalue weighted by atomic mass is 10.2. The number of hydrogen-bond acceptors (Lipinski definition) is 5. The Morgan fingerprint density at radius 2 is 1.80 bits per heavy atom. The summed E-state index contributed by atoms with van der Waals surface area (Å²) in [6.45, 7) is 5.22. The van der Waals surface area contributed by atoms with Gasteiger partial charge in [-0.25, -0.2) is 4.98 Å². The molecule has 0 radical (unpaired) electrons. The van der Waals surface area contributed by atoms with Gasteiger partial charge in [-0.2, -0.15) is 14.6 Å². The van der Waals surface area contributed by atoms with E-state index in [-0.39, 0.29) is 0 Å². The van der Waals surface area contributed by atoms with Crippen molar-refractivity contribution in [3.63, 3.8) is 0 Å². The van der Waals surface area contributed by atoms with E-state index in [1.54, 1.807) is 6.33 Å². The summed E-state index contributed by atoms with van der Waals surface area (Å²) >= 11 is 0. The standard InChI is InChI=1S/C19H22N6/c1-2-5-15(6-3-1)13-23-9-11-24(12-10-23)18-16-7-4-8-17(16)22-19-20-14-21-25(18)19/h1-3,5-6,14H,4,7-13H2. The summed E-state index contributed by atoms with van der Waals surface area (Å²) in [5.74, 6) is 1.97. The Morgan fingerprint density at radius 3 is 2.64 bits per heavy atom. The van der Waals surface area contributed by atoms with Crippen molar-refractivity contribution in [1.29, 1.82) is 0 Å². The highest BCUT2D eigenvalue weighted by molar-refractivity contribution is 5.56. The van der Waals surface area contributed by atoms with Gasteiger partial charge < -0.3 is 4.90 Å². The molecule has 6 heteroatoms. The predicted molar refractivity (Wildman–Crippen MR) is 96.7 cm³/mol. The van der Waals surface area contributed by atoms with Crippen molar-refractivity contribution in [2.75, 3.05) is 31.1 Å². The van der Waals surface area contributed by atoms with Crippen LogP contribution in [0.15, 0.2) is 36.7 Å². The van der Waals surface area contributed by atoms with E-state index in [1.165, 1.54) is 29.1 Å². The highest BCUT2D eigenvalue weighted by atomic mass is 15.4. The summed E-state index contributed by atoms with van der Waals surface area (Å²) in [5.41, 5.74) is 4.00. The highest BCUT2D eigenvalue weighted by Gasteiger charge is 2.27. The van der Waals surface area contributed by atoms with Crippen LogP contribution in [0.5, 0.6) is 0 Å². The molecule has 0 unspecified atom stereocenters. The lowest BCUT2D eigenvalue weighted by Gasteiger charge is -2.36. The summed E-state index contributed by atoms with van der Waals surface area (Å²) in [4.78, 5) is 14.0. The van der Waals surface area contributed by atoms with E-state index in [2.05, 4.69) is 50.2 Å². The van der Waals surface area contributed by atoms with Crippen molar-refractivity contribution < 1.29 is 0 Å². The average molecular weight is 334 g/mol. The number of benzene rings is 1. The van der Waals surface area contributed by atoms with E-state index in [4.69, 9.17) is 4.98 Å². The van der Waals surface area contributed by atoms with E-state index >= 15 is 0 Å². The Balaban J connectivity index is 1.38. The van der Waals surface area contributed by atoms with Gasteiger partial charge in [-0.3, -0.25) is 4.90 Å². The van der Waals surface area contributed by atoms with Crippen molar-refractivity contribution in [1.82, 2.24) is 24.5 Å². The fraction of sp³-hybridized carbons (Fsp3) is 0.421. The van der Waals surface area contributed by atoms with Crippen LogP contribution in [-0.4, -0.2) is 50.7 Å². The molecule has 1 aliphatic heterocycles. The van der Waals surface area contributed by atoms with Crippen LogP contribution in [0.1, 0.15) is 23.2 Å². The van der Waals surface area contributed by atoms with Gasteiger partial charge in [-0.05, 0) is 24.8 Å². The molecule has 3 heterocycles. The van der Waals surface area contributed by atoms with E-state index in [1.807, 2.05) is 4.52 Å². The molecule has 5 rings (SSSR count). The zero-order valence-corrected chi connectivity index (χ0v) is 14.3. The molecule has 25 heavy (non-hydrogen) atoms. The Bertz CT molecular complexity index is 880. The molecule has 0 bridgehead atoms. The Hall–Kier alpha value is -2.47. The molecule has 3 aromatic rings. The zero-order valence-electron chi connectivity index (χ0n) is 14.3. The van der Waals surface area contributed by atoms with Crippen LogP contribution in [0, 0.1) is 0 Å². The molecule has 0 amide bonds. The molecular weight excluding hydrogens is 312 g/mol. The molecule has 2 aliphatic rings. The summed E-state index contributed by atoms with van der Waals surface area (Å²) < 4.78 is 1.94. The highest BCUT2D eigenvalue weighted by Crippen LogP contribution is 2.31. The summed E-state index contributed by atoms with van der Waals surface area (Å²) in [6, 6.07) is 10.7. The lowest BCUT2D eigenvalue weighted by molar-refractivity contribution is 0.249. The van der Waals surface area contributed by atoms with Crippen LogP contribution in [0.25, 0.3) is 5.78 Å². The Kier molecular flexibility index (Phi) is 3.63. The van der Waals surface area contributed by atoms with Gasteiger partial charge in [0.25, 0.3) is 5.78 Å². The first-order valence-corrected chi connectivity index (χ1v) is 9.11. The maximum Gasteiger partial charge on any atom is 0.254 e. The first-order valence-electron chi connectivity index (χ1n) is 9.11. The van der Waals surface area contributed by atoms with Gasteiger partial charge in [0.15, 0.2) is 0 Å². The number of aryl methyl sites for hydroxylation is 1. The minimum Gasteiger partial charge on any atom is -0.354 e. The number of fused-ring (bicyclic) bond motifs is 2. The third-order valence-corrected chi connectivity index (χ3v) is 5.34. The van der Waals surface area contributed by atoms with E-state index in [0.29, 0.717) is 0 Å². The molecule has 0 spiro atoms. The minimum absolute atomic E-state index is 0.738. The molecule has 1 fully saturated rings. The van der Waals surface area contributed by atoms with E-state index in [0.717, 1.165) is 51.3 Å². The SMILES string of the molecule is c1ccc(CN2CCN(c3c4c(nc5ncnn35)CCC4)CC2)cc1. The largest absolute Gasteiger partial charge is 0.354 e. The monoisotopic (exact) mass is 334 g/mol. The van der Waals surface area contributed by atoms with Gasteiger partial charge >= 0.3 is 0 Å². The first kappa shape index (κ1) is 14.8. The molecule has 0 saturated carbocycles. The van der Waals surface area contributed by atoms with Crippen LogP contribution >= 0.6 is 0 Å². The van der Waals surface area contributed by atoms with Crippen molar-refractivity contribution in [2.24, 2.45) is 0 Å². The van der Waals surface area contributed by atoms with Gasteiger partial charge in [-0.15, -0.1) is 0 Å². The van der Waals surface area contributed by atoms with Crippen molar-refractivity contribution >= 4 is 11.6 Å². The van der Waals surface area contributed by atoms with Gasteiger partial charge in [0.2, 0.25) is 0 Å². The maximum atomic E-state index is 4.69. The van der Waals surface area contributed by atoms with Crippen molar-refractivity contribution in [3.05, 3.63) is 53.5 Å². The number of nitrogens with zero attached hydrogens (tertiary/aromatic N) is 6. The quantitative estimate of drug-likeness (QED) is 0.733. The van der Waals surface area contributed by atoms with Crippen LogP contribution < -0.4 is 4.90 Å². The average Bonchev–Trinajstić information content (AvgIpc) is 3.30. The maximum absolute atomic E-state index is 4.69. The van der Waals surface area contributed by atoms with Crippen LogP contribution in [-0.2, 0) is 19.4 Å². The number of rotatable bonds is 3. The summed E-state index contributed by atoms with van der Waals surface area (Å²) in [7, 11) is 0. The second-order valence-electron chi connectivity index (χ2n) is 6.93. The normalized spacial score (nSPS) is 18.0. The van der Waals surface area contributed by atoms with Crippen LogP contribution in [0.3, 0.4) is 0 Å². The first-order chi connectivity index (χ1) is 12.4. The molecule has 6 nitrogen and oxygen atoms in total. The third kappa shape index (κ3) is 2.66. The molecule has 1 aliphatic carbocycles. The fourth-order valence-corrected chi connectivity index (χ4v) is 4.09. The molecule has 128 valence electrons. The smallest absolute Gasteiger partial charge is 0.254 e. The van der Waals surface area contributed by atoms with Crippen molar-refractivity contribution in [2.45, 2.75) is 25.8 Å². The molecule has 2 aromatic heterocycles. The number of piperazine rings is 1. The molecule has 1 aromatic carbocycles. The third-order valence-electron chi connectivity index (χ3n) is 5.34. The van der Waals surface area contributed by atoms with Crippen LogP contribution in [0.4, 0.5) is 5.82 Å². The predicted octanol–water partition coefficient (Wildman–Crippen LogP) is 1.94. The molecule has 1 saturated heterocycles. The van der Waals surface area contributed by atoms with E-state index in [9.17, 15) is 0 Å². The topological polar surface area (TPSA) is 49.6 Å². The minimum atomic E-state index is 0.738. The molecule has 0 atom stereocenters. The summed E-state index contributed by atoms with van der Waals surface area (Å²) in [5, 5.41) is 4.45. The number of anilines is 1. The molecule has 0 N–H and O–H groups in total. The second kappa shape index (κ2) is 6.11. The van der Waals surface area contributed by atoms with Gasteiger partial charge in [0.1, 0.15) is 12.1 Å². The summed E-state index contributed by atoms with van der Waals surface area (Å²) in [6.07, 6.45) is 4.99. The Morgan fingerprint density at radius 1 is 0.960 bits per heavy atom. The van der Waals surface area contributed by atoms with Gasteiger partial charge in [0.05, 0.1) is 5.69 Å². The van der Waals surface area contributed by atoms with Crippen LogP contribution in [0.2, 0.25) is 0 Å². The van der Waals surface area contributed by atoms with E-state index < -0.39 is 0 Å². The second-order valence-corrected chi connectivity index (χ2v) is 6.93. The molecular formula is C19H22N6. The lowest BCUT2D eigenvalue weighted by Crippen LogP contribution is -2.47. The van der Waals surface area contributed by atoms with Gasteiger partial charge in [-0.1, -0.05) is 30.3 Å². The van der Waals surface area contributed by atoms with Gasteiger partial charge in [0, 0.05) is 38.3 Å². The van der Waals surface area contributed by atoms with Crippen molar-refractivity contribution in [3.8, 4) is 0 Å².